The molecule has 3 nitrogen and oxygen atoms in total. The molecule has 0 saturated heterocycles. The average Bonchev–Trinajstić information content (AvgIpc) is 3.84. The second-order valence-electron chi connectivity index (χ2n) is 15.0. The Bertz CT molecular complexity index is 3090. The molecule has 10 aromatic rings. The van der Waals surface area contributed by atoms with Gasteiger partial charge in [-0.05, 0) is 94.0 Å². The summed E-state index contributed by atoms with van der Waals surface area (Å²) in [4.78, 5) is 2.43. The predicted octanol–water partition coefficient (Wildman–Crippen LogP) is 14.1. The van der Waals surface area contributed by atoms with Gasteiger partial charge >= 0.3 is 0 Å². The van der Waals surface area contributed by atoms with Crippen LogP contribution in [0.2, 0.25) is 0 Å². The molecule has 0 atom stereocenters. The summed E-state index contributed by atoms with van der Waals surface area (Å²) in [6.07, 6.45) is 0. The Labute approximate surface area is 314 Å². The summed E-state index contributed by atoms with van der Waals surface area (Å²) >= 11 is 0. The fourth-order valence-electron chi connectivity index (χ4n) is 9.03. The van der Waals surface area contributed by atoms with E-state index in [1.54, 1.807) is 0 Å². The zero-order chi connectivity index (χ0) is 36.0. The molecule has 1 aliphatic carbocycles. The van der Waals surface area contributed by atoms with Gasteiger partial charge in [0.2, 0.25) is 0 Å². The first-order valence-electron chi connectivity index (χ1n) is 18.7. The molecule has 256 valence electrons. The molecule has 0 fully saturated rings. The molecule has 0 spiro atoms. The van der Waals surface area contributed by atoms with Crippen molar-refractivity contribution >= 4 is 60.8 Å². The molecule has 3 heteroatoms. The van der Waals surface area contributed by atoms with Gasteiger partial charge in [-0.25, -0.2) is 0 Å². The quantitative estimate of drug-likeness (QED) is 0.179. The van der Waals surface area contributed by atoms with Gasteiger partial charge in [-0.15, -0.1) is 0 Å². The van der Waals surface area contributed by atoms with Crippen molar-refractivity contribution in [3.05, 3.63) is 193 Å². The van der Waals surface area contributed by atoms with Crippen LogP contribution in [0.25, 0.3) is 71.7 Å². The second kappa shape index (κ2) is 11.6. The lowest BCUT2D eigenvalue weighted by atomic mass is 9.82. The van der Waals surface area contributed by atoms with Crippen LogP contribution >= 0.6 is 0 Å². The maximum absolute atomic E-state index is 6.40. The monoisotopic (exact) mass is 692 g/mol. The van der Waals surface area contributed by atoms with Crippen LogP contribution < -0.4 is 4.90 Å². The highest BCUT2D eigenvalue weighted by molar-refractivity contribution is 6.15. The highest BCUT2D eigenvalue weighted by Gasteiger charge is 2.35. The third-order valence-corrected chi connectivity index (χ3v) is 11.6. The van der Waals surface area contributed by atoms with Crippen LogP contribution in [0.5, 0.6) is 0 Å². The van der Waals surface area contributed by atoms with Gasteiger partial charge < -0.3 is 13.9 Å². The van der Waals surface area contributed by atoms with E-state index in [0.29, 0.717) is 0 Å². The third-order valence-electron chi connectivity index (χ3n) is 11.6. The average molecular weight is 693 g/mol. The van der Waals surface area contributed by atoms with Crippen molar-refractivity contribution in [1.82, 2.24) is 4.57 Å². The van der Waals surface area contributed by atoms with Crippen molar-refractivity contribution in [3.8, 4) is 27.9 Å². The van der Waals surface area contributed by atoms with Gasteiger partial charge in [0.15, 0.2) is 0 Å². The minimum Gasteiger partial charge on any atom is -0.456 e. The molecule has 2 heterocycles. The largest absolute Gasteiger partial charge is 0.456 e. The van der Waals surface area contributed by atoms with Crippen molar-refractivity contribution in [2.75, 3.05) is 4.90 Å². The van der Waals surface area contributed by atoms with E-state index in [9.17, 15) is 0 Å². The Kier molecular flexibility index (Phi) is 6.60. The van der Waals surface area contributed by atoms with E-state index in [4.69, 9.17) is 4.42 Å². The van der Waals surface area contributed by atoms with Gasteiger partial charge in [-0.2, -0.15) is 0 Å². The lowest BCUT2D eigenvalue weighted by molar-refractivity contribution is 0.660. The molecular formula is C51H36N2O. The summed E-state index contributed by atoms with van der Waals surface area (Å²) in [7, 11) is 0. The first-order valence-corrected chi connectivity index (χ1v) is 18.7. The van der Waals surface area contributed by atoms with E-state index in [-0.39, 0.29) is 5.41 Å². The van der Waals surface area contributed by atoms with Crippen molar-refractivity contribution < 1.29 is 4.42 Å². The minimum absolute atomic E-state index is 0.123. The number of nitrogens with zero attached hydrogens (tertiary/aromatic N) is 2. The van der Waals surface area contributed by atoms with Crippen molar-refractivity contribution in [2.45, 2.75) is 19.3 Å². The Balaban J connectivity index is 1.18. The molecule has 2 aromatic heterocycles. The Morgan fingerprint density at radius 3 is 2.00 bits per heavy atom. The van der Waals surface area contributed by atoms with Crippen LogP contribution in [-0.4, -0.2) is 4.57 Å². The zero-order valence-corrected chi connectivity index (χ0v) is 30.1. The van der Waals surface area contributed by atoms with Crippen LogP contribution in [0.4, 0.5) is 17.1 Å². The molecule has 54 heavy (non-hydrogen) atoms. The fourth-order valence-corrected chi connectivity index (χ4v) is 9.03. The number of para-hydroxylation sites is 2. The molecule has 0 amide bonds. The SMILES string of the molecule is CC1(C)c2ccccc2-c2ccc(N(c3cccc(-c4ccccc4)c3)c3ccc4c5ccccc5n(-c5cccc6oc7ccccc7c56)c4c3)cc21. The summed E-state index contributed by atoms with van der Waals surface area (Å²) in [6.45, 7) is 4.71. The summed E-state index contributed by atoms with van der Waals surface area (Å²) in [5, 5.41) is 4.67. The summed E-state index contributed by atoms with van der Waals surface area (Å²) < 4.78 is 8.83. The molecule has 0 radical (unpaired) electrons. The van der Waals surface area contributed by atoms with E-state index >= 15 is 0 Å². The molecule has 0 saturated carbocycles. The van der Waals surface area contributed by atoms with Gasteiger partial charge in [-0.3, -0.25) is 0 Å². The first-order chi connectivity index (χ1) is 26.5. The lowest BCUT2D eigenvalue weighted by Crippen LogP contribution is -2.16. The van der Waals surface area contributed by atoms with E-state index < -0.39 is 0 Å². The minimum atomic E-state index is -0.123. The number of anilines is 3. The molecule has 11 rings (SSSR count). The number of rotatable bonds is 5. The Morgan fingerprint density at radius 2 is 1.09 bits per heavy atom. The van der Waals surface area contributed by atoms with Gasteiger partial charge in [0.1, 0.15) is 11.2 Å². The van der Waals surface area contributed by atoms with Gasteiger partial charge in [0.05, 0.1) is 22.1 Å². The van der Waals surface area contributed by atoms with Gasteiger partial charge in [0, 0.05) is 38.6 Å². The van der Waals surface area contributed by atoms with Crippen molar-refractivity contribution in [1.29, 1.82) is 0 Å². The molecule has 0 bridgehead atoms. The molecule has 1 aliphatic rings. The fraction of sp³-hybridized carbons (Fsp3) is 0.0588. The number of hydrogen-bond acceptors (Lipinski definition) is 2. The number of benzene rings is 8. The van der Waals surface area contributed by atoms with E-state index in [1.807, 2.05) is 6.07 Å². The summed E-state index contributed by atoms with van der Waals surface area (Å²) in [5.74, 6) is 0. The van der Waals surface area contributed by atoms with Gasteiger partial charge in [-0.1, -0.05) is 135 Å². The molecule has 0 N–H and O–H groups in total. The van der Waals surface area contributed by atoms with Crippen LogP contribution in [0.15, 0.2) is 186 Å². The summed E-state index contributed by atoms with van der Waals surface area (Å²) in [5.41, 5.74) is 16.1. The zero-order valence-electron chi connectivity index (χ0n) is 30.1. The van der Waals surface area contributed by atoms with Crippen molar-refractivity contribution in [2.24, 2.45) is 0 Å². The van der Waals surface area contributed by atoms with Crippen LogP contribution in [0, 0.1) is 0 Å². The standard InChI is InChI=1S/C51H36N2O/c1-51(2)43-21-9-6-18-38(43)39-28-26-36(31-44(39)51)52(35-17-12-16-34(30-35)33-14-4-3-5-15-33)37-27-29-41-40-19-7-10-22-45(40)53(47(41)32-37)46-23-13-25-49-50(46)42-20-8-11-24-48(42)54-49/h3-32H,1-2H3. The Morgan fingerprint density at radius 1 is 0.444 bits per heavy atom. The number of fused-ring (bicyclic) bond motifs is 9. The number of hydrogen-bond donors (Lipinski definition) is 0. The number of furan rings is 1. The first kappa shape index (κ1) is 30.8. The molecule has 0 aliphatic heterocycles. The third kappa shape index (κ3) is 4.48. The Hall–Kier alpha value is -6.84. The van der Waals surface area contributed by atoms with E-state index in [2.05, 4.69) is 199 Å². The highest BCUT2D eigenvalue weighted by atomic mass is 16.3. The van der Waals surface area contributed by atoms with Crippen molar-refractivity contribution in [3.63, 3.8) is 0 Å². The predicted molar refractivity (Wildman–Crippen MR) is 226 cm³/mol. The normalized spacial score (nSPS) is 13.1. The smallest absolute Gasteiger partial charge is 0.137 e. The lowest BCUT2D eigenvalue weighted by Gasteiger charge is -2.28. The van der Waals surface area contributed by atoms with Crippen LogP contribution in [0.1, 0.15) is 25.0 Å². The number of aromatic nitrogens is 1. The second-order valence-corrected chi connectivity index (χ2v) is 15.0. The summed E-state index contributed by atoms with van der Waals surface area (Å²) in [6, 6.07) is 66.0. The van der Waals surface area contributed by atoms with E-state index in [0.717, 1.165) is 55.7 Å². The highest BCUT2D eigenvalue weighted by Crippen LogP contribution is 2.51. The molecule has 0 unspecified atom stereocenters. The maximum Gasteiger partial charge on any atom is 0.137 e. The molecule has 8 aromatic carbocycles. The van der Waals surface area contributed by atoms with Crippen LogP contribution in [-0.2, 0) is 5.41 Å². The van der Waals surface area contributed by atoms with Crippen LogP contribution in [0.3, 0.4) is 0 Å². The van der Waals surface area contributed by atoms with Gasteiger partial charge in [0.25, 0.3) is 0 Å². The maximum atomic E-state index is 6.40. The van der Waals surface area contributed by atoms with E-state index in [1.165, 1.54) is 44.2 Å². The molecular weight excluding hydrogens is 657 g/mol. The topological polar surface area (TPSA) is 21.3 Å².